The third kappa shape index (κ3) is 4.19. The van der Waals surface area contributed by atoms with Crippen molar-refractivity contribution >= 4 is 11.3 Å². The number of rotatable bonds is 6. The zero-order valence-electron chi connectivity index (χ0n) is 8.31. The van der Waals surface area contributed by atoms with E-state index in [1.165, 1.54) is 0 Å². The van der Waals surface area contributed by atoms with Crippen LogP contribution in [0.2, 0.25) is 0 Å². The maximum Gasteiger partial charge on any atom is 0.101 e. The van der Waals surface area contributed by atoms with Crippen molar-refractivity contribution in [3.05, 3.63) is 22.4 Å². The van der Waals surface area contributed by atoms with Crippen molar-refractivity contribution in [1.82, 2.24) is 5.32 Å². The van der Waals surface area contributed by atoms with Crippen LogP contribution in [-0.2, 0) is 0 Å². The quantitative estimate of drug-likeness (QED) is 0.624. The van der Waals surface area contributed by atoms with Crippen LogP contribution in [0, 0.1) is 0 Å². The highest BCUT2D eigenvalue weighted by Gasteiger charge is 2.07. The van der Waals surface area contributed by atoms with Crippen LogP contribution in [0.15, 0.2) is 17.5 Å². The predicted molar refractivity (Wildman–Crippen MR) is 58.4 cm³/mol. The molecular formula is C10H17NO2S. The average molecular weight is 215 g/mol. The highest BCUT2D eigenvalue weighted by Crippen LogP contribution is 2.17. The summed E-state index contributed by atoms with van der Waals surface area (Å²) in [4.78, 5) is 0.981. The third-order valence-corrected chi connectivity index (χ3v) is 2.92. The first kappa shape index (κ1) is 11.7. The van der Waals surface area contributed by atoms with Crippen molar-refractivity contribution in [2.24, 2.45) is 0 Å². The normalized spacial score (nSPS) is 15.4. The Balaban J connectivity index is 2.13. The van der Waals surface area contributed by atoms with E-state index in [4.69, 9.17) is 5.11 Å². The molecule has 0 amide bonds. The van der Waals surface area contributed by atoms with E-state index >= 15 is 0 Å². The molecule has 1 aromatic rings. The van der Waals surface area contributed by atoms with Crippen LogP contribution in [0.4, 0.5) is 0 Å². The van der Waals surface area contributed by atoms with Gasteiger partial charge in [-0.15, -0.1) is 11.3 Å². The van der Waals surface area contributed by atoms with Crippen LogP contribution in [0.5, 0.6) is 0 Å². The summed E-state index contributed by atoms with van der Waals surface area (Å²) in [6, 6.07) is 3.85. The van der Waals surface area contributed by atoms with E-state index in [2.05, 4.69) is 5.32 Å². The van der Waals surface area contributed by atoms with Gasteiger partial charge in [0, 0.05) is 11.4 Å². The van der Waals surface area contributed by atoms with Gasteiger partial charge in [0.1, 0.15) is 6.10 Å². The minimum Gasteiger partial charge on any atom is -0.393 e. The van der Waals surface area contributed by atoms with Gasteiger partial charge in [0.15, 0.2) is 0 Å². The number of hydrogen-bond acceptors (Lipinski definition) is 4. The van der Waals surface area contributed by atoms with Crippen LogP contribution in [0.25, 0.3) is 0 Å². The Morgan fingerprint density at radius 3 is 2.86 bits per heavy atom. The van der Waals surface area contributed by atoms with Crippen molar-refractivity contribution in [2.75, 3.05) is 13.1 Å². The molecule has 3 N–H and O–H groups in total. The van der Waals surface area contributed by atoms with Gasteiger partial charge in [-0.05, 0) is 31.3 Å². The third-order valence-electron chi connectivity index (χ3n) is 1.95. The van der Waals surface area contributed by atoms with E-state index in [0.29, 0.717) is 6.54 Å². The highest BCUT2D eigenvalue weighted by atomic mass is 32.1. The molecule has 0 aliphatic heterocycles. The lowest BCUT2D eigenvalue weighted by molar-refractivity contribution is 0.165. The van der Waals surface area contributed by atoms with Gasteiger partial charge in [0.25, 0.3) is 0 Å². The molecular weight excluding hydrogens is 198 g/mol. The SMILES string of the molecule is CC(O)CCNCC(O)c1cccs1. The molecule has 1 rings (SSSR count). The first-order chi connectivity index (χ1) is 6.70. The molecule has 1 heterocycles. The average Bonchev–Trinajstić information content (AvgIpc) is 2.64. The van der Waals surface area contributed by atoms with Gasteiger partial charge in [0.2, 0.25) is 0 Å². The molecule has 0 radical (unpaired) electrons. The van der Waals surface area contributed by atoms with E-state index in [9.17, 15) is 5.11 Å². The fourth-order valence-corrected chi connectivity index (χ4v) is 1.84. The number of thiophene rings is 1. The Morgan fingerprint density at radius 2 is 2.29 bits per heavy atom. The molecule has 0 aliphatic carbocycles. The molecule has 4 heteroatoms. The van der Waals surface area contributed by atoms with E-state index in [0.717, 1.165) is 17.8 Å². The van der Waals surface area contributed by atoms with Gasteiger partial charge in [-0.3, -0.25) is 0 Å². The monoisotopic (exact) mass is 215 g/mol. The number of nitrogens with one attached hydrogen (secondary N) is 1. The predicted octanol–water partition coefficient (Wildman–Crippen LogP) is 1.14. The first-order valence-corrected chi connectivity index (χ1v) is 5.68. The topological polar surface area (TPSA) is 52.5 Å². The maximum atomic E-state index is 9.66. The van der Waals surface area contributed by atoms with Crippen LogP contribution in [0.3, 0.4) is 0 Å². The Hall–Kier alpha value is -0.420. The van der Waals surface area contributed by atoms with Crippen molar-refractivity contribution in [3.8, 4) is 0 Å². The fraction of sp³-hybridized carbons (Fsp3) is 0.600. The second-order valence-electron chi connectivity index (χ2n) is 3.37. The summed E-state index contributed by atoms with van der Waals surface area (Å²) in [6.07, 6.45) is 0.0161. The van der Waals surface area contributed by atoms with Crippen LogP contribution in [0.1, 0.15) is 24.3 Å². The lowest BCUT2D eigenvalue weighted by atomic mass is 10.2. The zero-order valence-corrected chi connectivity index (χ0v) is 9.13. The van der Waals surface area contributed by atoms with Crippen LogP contribution < -0.4 is 5.32 Å². The van der Waals surface area contributed by atoms with Gasteiger partial charge in [-0.1, -0.05) is 6.07 Å². The van der Waals surface area contributed by atoms with Gasteiger partial charge in [-0.2, -0.15) is 0 Å². The van der Waals surface area contributed by atoms with Gasteiger partial charge in [0.05, 0.1) is 6.10 Å². The summed E-state index contributed by atoms with van der Waals surface area (Å²) in [7, 11) is 0. The summed E-state index contributed by atoms with van der Waals surface area (Å²) < 4.78 is 0. The molecule has 0 bridgehead atoms. The van der Waals surface area contributed by atoms with E-state index in [-0.39, 0.29) is 6.10 Å². The first-order valence-electron chi connectivity index (χ1n) is 4.80. The smallest absolute Gasteiger partial charge is 0.101 e. The molecule has 80 valence electrons. The Morgan fingerprint density at radius 1 is 1.50 bits per heavy atom. The lowest BCUT2D eigenvalue weighted by Gasteiger charge is -2.10. The second-order valence-corrected chi connectivity index (χ2v) is 4.35. The number of aliphatic hydroxyl groups is 2. The van der Waals surface area contributed by atoms with Crippen molar-refractivity contribution < 1.29 is 10.2 Å². The second kappa shape index (κ2) is 6.14. The van der Waals surface area contributed by atoms with Gasteiger partial charge < -0.3 is 15.5 Å². The molecule has 2 unspecified atom stereocenters. The van der Waals surface area contributed by atoms with Crippen molar-refractivity contribution in [2.45, 2.75) is 25.6 Å². The molecule has 0 aliphatic rings. The minimum absolute atomic E-state index is 0.276. The van der Waals surface area contributed by atoms with Gasteiger partial charge in [-0.25, -0.2) is 0 Å². The zero-order chi connectivity index (χ0) is 10.4. The van der Waals surface area contributed by atoms with Gasteiger partial charge >= 0.3 is 0 Å². The standard InChI is InChI=1S/C10H17NO2S/c1-8(12)4-5-11-7-9(13)10-3-2-6-14-10/h2-3,6,8-9,11-13H,4-5,7H2,1H3. The highest BCUT2D eigenvalue weighted by molar-refractivity contribution is 7.10. The van der Waals surface area contributed by atoms with Crippen LogP contribution >= 0.6 is 11.3 Å². The fourth-order valence-electron chi connectivity index (χ4n) is 1.13. The summed E-state index contributed by atoms with van der Waals surface area (Å²) in [6.45, 7) is 3.05. The lowest BCUT2D eigenvalue weighted by Crippen LogP contribution is -2.24. The largest absolute Gasteiger partial charge is 0.393 e. The summed E-state index contributed by atoms with van der Waals surface area (Å²) >= 11 is 1.56. The number of hydrogen-bond donors (Lipinski definition) is 3. The molecule has 0 aromatic carbocycles. The molecule has 14 heavy (non-hydrogen) atoms. The van der Waals surface area contributed by atoms with E-state index in [1.54, 1.807) is 18.3 Å². The van der Waals surface area contributed by atoms with Crippen molar-refractivity contribution in [1.29, 1.82) is 0 Å². The van der Waals surface area contributed by atoms with Crippen LogP contribution in [-0.4, -0.2) is 29.4 Å². The molecule has 1 aromatic heterocycles. The summed E-state index contributed by atoms with van der Waals surface area (Å²) in [5.74, 6) is 0. The molecule has 0 spiro atoms. The molecule has 0 saturated carbocycles. The Kier molecular flexibility index (Phi) is 5.11. The van der Waals surface area contributed by atoms with Crippen molar-refractivity contribution in [3.63, 3.8) is 0 Å². The van der Waals surface area contributed by atoms with E-state index in [1.807, 2.05) is 17.5 Å². The Labute approximate surface area is 88.4 Å². The maximum absolute atomic E-state index is 9.66. The molecule has 2 atom stereocenters. The van der Waals surface area contributed by atoms with E-state index < -0.39 is 6.10 Å². The number of aliphatic hydroxyl groups excluding tert-OH is 2. The summed E-state index contributed by atoms with van der Waals surface area (Å²) in [5, 5.41) is 23.7. The molecule has 3 nitrogen and oxygen atoms in total. The Bertz CT molecular complexity index is 236. The summed E-state index contributed by atoms with van der Waals surface area (Å²) in [5.41, 5.74) is 0. The minimum atomic E-state index is -0.427. The molecule has 0 fully saturated rings. The molecule has 0 saturated heterocycles.